The van der Waals surface area contributed by atoms with Crippen LogP contribution in [0.25, 0.3) is 6.08 Å². The van der Waals surface area contributed by atoms with Gasteiger partial charge in [0.2, 0.25) is 5.78 Å². The highest BCUT2D eigenvalue weighted by atomic mass is 16.5. The number of nitrogens with one attached hydrogen (secondary N) is 1. The Hall–Kier alpha value is -2.53. The van der Waals surface area contributed by atoms with Gasteiger partial charge in [-0.1, -0.05) is 0 Å². The lowest BCUT2D eigenvalue weighted by Gasteiger charge is -2.15. The molecule has 2 aliphatic rings. The van der Waals surface area contributed by atoms with E-state index in [9.17, 15) is 9.90 Å². The Kier molecular flexibility index (Phi) is 3.42. The summed E-state index contributed by atoms with van der Waals surface area (Å²) in [6.45, 7) is 2.86. The number of carbonyl (C=O) groups is 1. The molecule has 0 unspecified atom stereocenters. The average Bonchev–Trinajstić information content (AvgIpc) is 3.27. The van der Waals surface area contributed by atoms with Gasteiger partial charge in [-0.05, 0) is 24.3 Å². The maximum atomic E-state index is 12.5. The first-order valence-electron chi connectivity index (χ1n) is 7.88. The first-order chi connectivity index (χ1) is 11.2. The summed E-state index contributed by atoms with van der Waals surface area (Å²) < 4.78 is 11.0. The lowest BCUT2D eigenvalue weighted by Crippen LogP contribution is -3.08. The van der Waals surface area contributed by atoms with Crippen LogP contribution in [-0.4, -0.2) is 24.0 Å². The molecule has 0 atom stereocenters. The van der Waals surface area contributed by atoms with E-state index >= 15 is 0 Å². The molecular weight excluding hydrogens is 294 g/mol. The van der Waals surface area contributed by atoms with E-state index in [0.717, 1.165) is 18.7 Å². The Bertz CT molecular complexity index is 771. The van der Waals surface area contributed by atoms with Gasteiger partial charge >= 0.3 is 0 Å². The molecule has 5 nitrogen and oxygen atoms in total. The van der Waals surface area contributed by atoms with Crippen molar-refractivity contribution in [3.05, 3.63) is 53.2 Å². The third-order valence-corrected chi connectivity index (χ3v) is 4.47. The second-order valence-corrected chi connectivity index (χ2v) is 6.03. The molecule has 1 fully saturated rings. The van der Waals surface area contributed by atoms with Gasteiger partial charge in [0.1, 0.15) is 18.1 Å². The van der Waals surface area contributed by atoms with E-state index in [1.165, 1.54) is 17.7 Å². The van der Waals surface area contributed by atoms with Gasteiger partial charge in [-0.15, -0.1) is 0 Å². The predicted molar refractivity (Wildman–Crippen MR) is 83.4 cm³/mol. The van der Waals surface area contributed by atoms with Crippen molar-refractivity contribution in [2.24, 2.45) is 0 Å². The maximum Gasteiger partial charge on any atom is 0.232 e. The molecule has 0 spiro atoms. The maximum absolute atomic E-state index is 12.5. The zero-order valence-corrected chi connectivity index (χ0v) is 12.7. The minimum absolute atomic E-state index is 0.172. The predicted octanol–water partition coefficient (Wildman–Crippen LogP) is 1.78. The number of allylic oxidation sites excluding steroid dienone is 1. The number of ketones is 1. The van der Waals surface area contributed by atoms with E-state index in [4.69, 9.17) is 9.15 Å². The number of phenolic OH excluding ortho intramolecular Hbond substituents is 1. The molecule has 0 aliphatic carbocycles. The molecule has 0 bridgehead atoms. The molecule has 23 heavy (non-hydrogen) atoms. The van der Waals surface area contributed by atoms with Crippen molar-refractivity contribution in [3.63, 3.8) is 0 Å². The first kappa shape index (κ1) is 14.1. The second-order valence-electron chi connectivity index (χ2n) is 6.03. The number of Topliss-reactive ketones (excluding diaryl/α,β-unsaturated/α-hetero) is 1. The summed E-state index contributed by atoms with van der Waals surface area (Å²) in [5.74, 6) is 1.31. The normalized spacial score (nSPS) is 19.3. The summed E-state index contributed by atoms with van der Waals surface area (Å²) in [5.41, 5.74) is 1.23. The number of phenols is 1. The number of carbonyl (C=O) groups excluding carboxylic acids is 1. The van der Waals surface area contributed by atoms with Crippen molar-refractivity contribution in [1.82, 2.24) is 0 Å². The van der Waals surface area contributed by atoms with Gasteiger partial charge in [0.05, 0.1) is 30.5 Å². The summed E-state index contributed by atoms with van der Waals surface area (Å²) in [5, 5.41) is 10.2. The number of furan rings is 1. The Labute approximate surface area is 133 Å². The summed E-state index contributed by atoms with van der Waals surface area (Å²) in [6.07, 6.45) is 5.54. The van der Waals surface area contributed by atoms with Crippen LogP contribution in [0.2, 0.25) is 0 Å². The van der Waals surface area contributed by atoms with Crippen LogP contribution in [-0.2, 0) is 6.54 Å². The Morgan fingerprint density at radius 1 is 1.22 bits per heavy atom. The van der Waals surface area contributed by atoms with Crippen LogP contribution in [0, 0.1) is 0 Å². The fourth-order valence-electron chi connectivity index (χ4n) is 3.27. The molecule has 0 amide bonds. The second kappa shape index (κ2) is 5.59. The van der Waals surface area contributed by atoms with Crippen LogP contribution in [0.4, 0.5) is 0 Å². The minimum atomic E-state index is -0.172. The first-order valence-corrected chi connectivity index (χ1v) is 7.88. The number of fused-ring (bicyclic) bond motifs is 1. The van der Waals surface area contributed by atoms with Crippen LogP contribution in [0.15, 0.2) is 40.7 Å². The molecule has 1 saturated heterocycles. The lowest BCUT2D eigenvalue weighted by atomic mass is 10.0. The highest BCUT2D eigenvalue weighted by Gasteiger charge is 2.33. The van der Waals surface area contributed by atoms with Crippen LogP contribution in [0.1, 0.15) is 34.5 Å². The van der Waals surface area contributed by atoms with Gasteiger partial charge in [-0.2, -0.15) is 0 Å². The van der Waals surface area contributed by atoms with E-state index in [0.29, 0.717) is 23.6 Å². The van der Waals surface area contributed by atoms with Gasteiger partial charge in [-0.3, -0.25) is 4.79 Å². The van der Waals surface area contributed by atoms with Crippen LogP contribution in [0.3, 0.4) is 0 Å². The molecule has 1 aromatic carbocycles. The van der Waals surface area contributed by atoms with E-state index in [-0.39, 0.29) is 17.3 Å². The Morgan fingerprint density at radius 3 is 2.78 bits per heavy atom. The van der Waals surface area contributed by atoms with Crippen molar-refractivity contribution in [2.75, 3.05) is 13.1 Å². The van der Waals surface area contributed by atoms with Crippen molar-refractivity contribution in [3.8, 4) is 11.5 Å². The van der Waals surface area contributed by atoms with E-state index < -0.39 is 0 Å². The highest BCUT2D eigenvalue weighted by molar-refractivity contribution is 6.14. The van der Waals surface area contributed by atoms with Gasteiger partial charge < -0.3 is 19.2 Å². The Morgan fingerprint density at radius 2 is 2.04 bits per heavy atom. The molecule has 5 heteroatoms. The van der Waals surface area contributed by atoms with E-state index in [2.05, 4.69) is 0 Å². The minimum Gasteiger partial charge on any atom is -0.507 e. The summed E-state index contributed by atoms with van der Waals surface area (Å²) in [4.78, 5) is 13.9. The fourth-order valence-corrected chi connectivity index (χ4v) is 3.27. The molecule has 4 rings (SSSR count). The lowest BCUT2D eigenvalue weighted by molar-refractivity contribution is -0.901. The summed E-state index contributed by atoms with van der Waals surface area (Å²) >= 11 is 0. The number of hydrogen-bond acceptors (Lipinski definition) is 4. The molecule has 2 aliphatic heterocycles. The van der Waals surface area contributed by atoms with Crippen LogP contribution >= 0.6 is 0 Å². The van der Waals surface area contributed by atoms with Gasteiger partial charge in [0.25, 0.3) is 0 Å². The van der Waals surface area contributed by atoms with Crippen molar-refractivity contribution < 1.29 is 24.0 Å². The van der Waals surface area contributed by atoms with Gasteiger partial charge in [0.15, 0.2) is 11.5 Å². The molecule has 3 heterocycles. The number of rotatable bonds is 3. The Balaban J connectivity index is 1.69. The molecular formula is C18H18NO4+. The topological polar surface area (TPSA) is 64.1 Å². The highest BCUT2D eigenvalue weighted by Crippen LogP contribution is 2.39. The number of likely N-dealkylation sites (tertiary alicyclic amines) is 1. The van der Waals surface area contributed by atoms with Crippen molar-refractivity contribution in [2.45, 2.75) is 19.4 Å². The number of ether oxygens (including phenoxy) is 1. The van der Waals surface area contributed by atoms with Gasteiger partial charge in [-0.25, -0.2) is 0 Å². The number of quaternary nitrogens is 1. The largest absolute Gasteiger partial charge is 0.507 e. The van der Waals surface area contributed by atoms with Crippen LogP contribution < -0.4 is 9.64 Å². The van der Waals surface area contributed by atoms with Crippen molar-refractivity contribution in [1.29, 1.82) is 0 Å². The van der Waals surface area contributed by atoms with Gasteiger partial charge in [0, 0.05) is 18.9 Å². The van der Waals surface area contributed by atoms with E-state index in [1.807, 2.05) is 0 Å². The average molecular weight is 312 g/mol. The summed E-state index contributed by atoms with van der Waals surface area (Å²) in [7, 11) is 0. The fraction of sp³-hybridized carbons (Fsp3) is 0.278. The molecule has 118 valence electrons. The number of benzene rings is 1. The number of aromatic hydroxyl groups is 1. The quantitative estimate of drug-likeness (QED) is 0.848. The van der Waals surface area contributed by atoms with Crippen LogP contribution in [0.5, 0.6) is 11.5 Å². The molecule has 2 N–H and O–H groups in total. The summed E-state index contributed by atoms with van der Waals surface area (Å²) in [6, 6.07) is 6.73. The molecule has 2 aromatic rings. The number of hydrogen-bond donors (Lipinski definition) is 2. The zero-order valence-electron chi connectivity index (χ0n) is 12.7. The smallest absolute Gasteiger partial charge is 0.232 e. The standard InChI is InChI=1S/C18H17NO4/c20-15-6-5-13-17(21)16(10-12-4-3-9-22-12)23-18(13)14(15)11-19-7-1-2-8-19/h3-6,9-10,20H,1-2,7-8,11H2/p+1/b16-10-. The monoisotopic (exact) mass is 312 g/mol. The van der Waals surface area contributed by atoms with Crippen molar-refractivity contribution >= 4 is 11.9 Å². The molecule has 0 radical (unpaired) electrons. The molecule has 0 saturated carbocycles. The SMILES string of the molecule is O=C1/C(=C/c2ccco2)Oc2c1ccc(O)c2C[NH+]1CCCC1. The van der Waals surface area contributed by atoms with E-state index in [1.54, 1.807) is 36.6 Å². The molecule has 1 aromatic heterocycles. The third-order valence-electron chi connectivity index (χ3n) is 4.47. The third kappa shape index (κ3) is 2.53. The zero-order chi connectivity index (χ0) is 15.8.